The molecule has 0 amide bonds. The van der Waals surface area contributed by atoms with Crippen LogP contribution in [0.15, 0.2) is 18.2 Å². The molecular weight excluding hydrogens is 259 g/mol. The minimum absolute atomic E-state index is 0.0318. The number of benzene rings is 1. The molecule has 6 nitrogen and oxygen atoms in total. The lowest BCUT2D eigenvalue weighted by Gasteiger charge is -2.12. The van der Waals surface area contributed by atoms with Gasteiger partial charge in [-0.2, -0.15) is 5.26 Å². The maximum atomic E-state index is 13.3. The van der Waals surface area contributed by atoms with Gasteiger partial charge < -0.3 is 10.7 Å². The van der Waals surface area contributed by atoms with E-state index in [1.165, 1.54) is 18.2 Å². The summed E-state index contributed by atoms with van der Waals surface area (Å²) < 4.78 is 13.3. The molecular formula is C13H13FN6. The van der Waals surface area contributed by atoms with E-state index in [0.717, 1.165) is 5.56 Å². The predicted molar refractivity (Wildman–Crippen MR) is 73.7 cm³/mol. The van der Waals surface area contributed by atoms with Crippen LogP contribution in [-0.2, 0) is 0 Å². The van der Waals surface area contributed by atoms with E-state index >= 15 is 0 Å². The molecule has 0 radical (unpaired) electrons. The fourth-order valence-corrected chi connectivity index (χ4v) is 1.72. The monoisotopic (exact) mass is 272 g/mol. The molecule has 0 atom stereocenters. The number of nitrogens with zero attached hydrogens (tertiary/aromatic N) is 3. The first kappa shape index (κ1) is 13.7. The Labute approximate surface area is 115 Å². The molecule has 0 aliphatic carbocycles. The van der Waals surface area contributed by atoms with Gasteiger partial charge in [0.05, 0.1) is 5.56 Å². The van der Waals surface area contributed by atoms with Gasteiger partial charge in [-0.25, -0.2) is 20.2 Å². The Hall–Kier alpha value is -2.72. The second-order valence-corrected chi connectivity index (χ2v) is 4.17. The number of aromatic nitrogens is 2. The molecule has 0 fully saturated rings. The first-order valence-corrected chi connectivity index (χ1v) is 5.83. The smallest absolute Gasteiger partial charge is 0.148 e. The molecule has 0 unspecified atom stereocenters. The molecule has 1 aromatic heterocycles. The summed E-state index contributed by atoms with van der Waals surface area (Å²) in [6.07, 6.45) is 0. The van der Waals surface area contributed by atoms with Crippen LogP contribution >= 0.6 is 0 Å². The standard InChI is InChI=1S/C13H13FN6/c1-7-12(17-8(2)18-13(7)20-16)19-10-3-4-11(14)9(5-10)6-15/h3-5H,16H2,1-2H3,(H2,17,18,19,20). The molecule has 0 bridgehead atoms. The number of nitrogens with one attached hydrogen (secondary N) is 2. The van der Waals surface area contributed by atoms with E-state index in [9.17, 15) is 4.39 Å². The highest BCUT2D eigenvalue weighted by molar-refractivity contribution is 5.65. The van der Waals surface area contributed by atoms with Gasteiger partial charge in [-0.15, -0.1) is 0 Å². The molecule has 1 aromatic carbocycles. The van der Waals surface area contributed by atoms with Crippen LogP contribution in [0, 0.1) is 31.0 Å². The molecule has 0 saturated carbocycles. The van der Waals surface area contributed by atoms with Gasteiger partial charge in [0.2, 0.25) is 0 Å². The van der Waals surface area contributed by atoms with E-state index in [-0.39, 0.29) is 5.56 Å². The largest absolute Gasteiger partial charge is 0.340 e. The Bertz CT molecular complexity index is 692. The van der Waals surface area contributed by atoms with Crippen molar-refractivity contribution < 1.29 is 4.39 Å². The number of nitrogen functional groups attached to an aromatic ring is 1. The highest BCUT2D eigenvalue weighted by Crippen LogP contribution is 2.24. The zero-order valence-electron chi connectivity index (χ0n) is 11.0. The summed E-state index contributed by atoms with van der Waals surface area (Å²) in [5.74, 6) is 6.41. The zero-order valence-corrected chi connectivity index (χ0v) is 11.0. The van der Waals surface area contributed by atoms with Crippen molar-refractivity contribution in [3.63, 3.8) is 0 Å². The summed E-state index contributed by atoms with van der Waals surface area (Å²) >= 11 is 0. The summed E-state index contributed by atoms with van der Waals surface area (Å²) in [6.45, 7) is 3.53. The van der Waals surface area contributed by atoms with E-state index in [0.29, 0.717) is 23.1 Å². The number of halogens is 1. The van der Waals surface area contributed by atoms with E-state index in [1.54, 1.807) is 19.9 Å². The van der Waals surface area contributed by atoms with Crippen LogP contribution in [0.2, 0.25) is 0 Å². The van der Waals surface area contributed by atoms with Gasteiger partial charge in [0, 0.05) is 11.3 Å². The Morgan fingerprint density at radius 3 is 2.60 bits per heavy atom. The third-order valence-corrected chi connectivity index (χ3v) is 2.74. The number of hydrogen-bond donors (Lipinski definition) is 3. The lowest BCUT2D eigenvalue weighted by Crippen LogP contribution is -2.13. The fraction of sp³-hybridized carbons (Fsp3) is 0.154. The highest BCUT2D eigenvalue weighted by atomic mass is 19.1. The van der Waals surface area contributed by atoms with Crippen molar-refractivity contribution in [2.24, 2.45) is 5.84 Å². The van der Waals surface area contributed by atoms with Gasteiger partial charge in [-0.05, 0) is 32.0 Å². The first-order chi connectivity index (χ1) is 9.55. The molecule has 0 aliphatic rings. The average Bonchev–Trinajstić information content (AvgIpc) is 2.44. The average molecular weight is 272 g/mol. The van der Waals surface area contributed by atoms with Crippen LogP contribution in [0.5, 0.6) is 0 Å². The Balaban J connectivity index is 2.40. The summed E-state index contributed by atoms with van der Waals surface area (Å²) in [5.41, 5.74) is 3.74. The Morgan fingerprint density at radius 1 is 1.25 bits per heavy atom. The first-order valence-electron chi connectivity index (χ1n) is 5.83. The van der Waals surface area contributed by atoms with Crippen molar-refractivity contribution in [3.05, 3.63) is 41.0 Å². The van der Waals surface area contributed by atoms with Gasteiger partial charge in [0.1, 0.15) is 29.3 Å². The number of anilines is 3. The van der Waals surface area contributed by atoms with Crippen molar-refractivity contribution in [2.75, 3.05) is 10.7 Å². The van der Waals surface area contributed by atoms with Crippen molar-refractivity contribution in [3.8, 4) is 6.07 Å². The third-order valence-electron chi connectivity index (χ3n) is 2.74. The molecule has 7 heteroatoms. The normalized spacial score (nSPS) is 9.95. The van der Waals surface area contributed by atoms with Gasteiger partial charge >= 0.3 is 0 Å². The number of nitriles is 1. The molecule has 4 N–H and O–H groups in total. The van der Waals surface area contributed by atoms with Gasteiger partial charge in [0.25, 0.3) is 0 Å². The summed E-state index contributed by atoms with van der Waals surface area (Å²) in [4.78, 5) is 8.40. The number of rotatable bonds is 3. The number of nitrogens with two attached hydrogens (primary N) is 1. The number of hydrogen-bond acceptors (Lipinski definition) is 6. The second kappa shape index (κ2) is 5.50. The number of aryl methyl sites for hydroxylation is 1. The van der Waals surface area contributed by atoms with E-state index < -0.39 is 5.82 Å². The van der Waals surface area contributed by atoms with Crippen molar-refractivity contribution >= 4 is 17.3 Å². The molecule has 0 spiro atoms. The lowest BCUT2D eigenvalue weighted by molar-refractivity contribution is 0.624. The minimum Gasteiger partial charge on any atom is -0.340 e. The number of hydrazine groups is 1. The van der Waals surface area contributed by atoms with Crippen LogP contribution in [0.3, 0.4) is 0 Å². The van der Waals surface area contributed by atoms with Crippen molar-refractivity contribution in [2.45, 2.75) is 13.8 Å². The molecule has 0 aliphatic heterocycles. The minimum atomic E-state index is -0.557. The molecule has 2 aromatic rings. The van der Waals surface area contributed by atoms with Crippen molar-refractivity contribution in [1.29, 1.82) is 5.26 Å². The van der Waals surface area contributed by atoms with Crippen LogP contribution in [0.25, 0.3) is 0 Å². The maximum absolute atomic E-state index is 13.3. The summed E-state index contributed by atoms with van der Waals surface area (Å²) in [5, 5.41) is 11.8. The molecule has 0 saturated heterocycles. The quantitative estimate of drug-likeness (QED) is 0.584. The fourth-order valence-electron chi connectivity index (χ4n) is 1.72. The van der Waals surface area contributed by atoms with Gasteiger partial charge in [0.15, 0.2) is 0 Å². The van der Waals surface area contributed by atoms with E-state index in [2.05, 4.69) is 20.7 Å². The van der Waals surface area contributed by atoms with Crippen LogP contribution in [0.1, 0.15) is 17.0 Å². The zero-order chi connectivity index (χ0) is 14.7. The maximum Gasteiger partial charge on any atom is 0.148 e. The van der Waals surface area contributed by atoms with Crippen LogP contribution in [-0.4, -0.2) is 9.97 Å². The molecule has 20 heavy (non-hydrogen) atoms. The lowest BCUT2D eigenvalue weighted by atomic mass is 10.2. The molecule has 2 rings (SSSR count). The van der Waals surface area contributed by atoms with E-state index in [4.69, 9.17) is 11.1 Å². The third kappa shape index (κ3) is 2.65. The molecule has 102 valence electrons. The second-order valence-electron chi connectivity index (χ2n) is 4.17. The molecule has 1 heterocycles. The summed E-state index contributed by atoms with van der Waals surface area (Å²) in [6, 6.07) is 5.97. The predicted octanol–water partition coefficient (Wildman–Crippen LogP) is 2.13. The summed E-state index contributed by atoms with van der Waals surface area (Å²) in [7, 11) is 0. The topological polar surface area (TPSA) is 99.6 Å². The van der Waals surface area contributed by atoms with Gasteiger partial charge in [-0.3, -0.25) is 0 Å². The van der Waals surface area contributed by atoms with Crippen molar-refractivity contribution in [1.82, 2.24) is 9.97 Å². The Morgan fingerprint density at radius 2 is 1.95 bits per heavy atom. The SMILES string of the molecule is Cc1nc(NN)c(C)c(Nc2ccc(F)c(C#N)c2)n1. The highest BCUT2D eigenvalue weighted by Gasteiger charge is 2.10. The van der Waals surface area contributed by atoms with Crippen LogP contribution < -0.4 is 16.6 Å². The van der Waals surface area contributed by atoms with E-state index in [1.807, 2.05) is 0 Å². The van der Waals surface area contributed by atoms with Crippen LogP contribution in [0.4, 0.5) is 21.7 Å². The van der Waals surface area contributed by atoms with Gasteiger partial charge in [-0.1, -0.05) is 0 Å². The Kier molecular flexibility index (Phi) is 3.77.